The average molecular weight is 346 g/mol. The van der Waals surface area contributed by atoms with Gasteiger partial charge in [-0.05, 0) is 46.9 Å². The number of allylic oxidation sites excluding steroid dienone is 3. The van der Waals surface area contributed by atoms with Gasteiger partial charge in [0.1, 0.15) is 0 Å². The van der Waals surface area contributed by atoms with E-state index in [1.54, 1.807) is 12.1 Å². The molecule has 0 fully saturated rings. The number of fused-ring (bicyclic) bond motifs is 1. The first-order chi connectivity index (χ1) is 12.1. The highest BCUT2D eigenvalue weighted by atomic mass is 16.4. The molecule has 2 aromatic rings. The molecule has 0 aromatic heterocycles. The molecule has 0 saturated heterocycles. The van der Waals surface area contributed by atoms with E-state index in [9.17, 15) is 4.79 Å². The maximum Gasteiger partial charge on any atom is 0.335 e. The Hall–Kier alpha value is -2.61. The minimum Gasteiger partial charge on any atom is -0.478 e. The van der Waals surface area contributed by atoms with E-state index in [1.165, 1.54) is 22.3 Å². The van der Waals surface area contributed by atoms with Gasteiger partial charge in [0.25, 0.3) is 0 Å². The second-order valence-electron chi connectivity index (χ2n) is 8.29. The minimum absolute atomic E-state index is 0.0181. The SMILES string of the molecule is C/C(=C/c1ccc(C(=O)O)cc1)c1ccc2c(c1)C(C)(C)C=CC2(C)C. The first-order valence-electron chi connectivity index (χ1n) is 8.98. The summed E-state index contributed by atoms with van der Waals surface area (Å²) in [7, 11) is 0. The maximum absolute atomic E-state index is 11.0. The zero-order valence-corrected chi connectivity index (χ0v) is 16.1. The highest BCUT2D eigenvalue weighted by molar-refractivity contribution is 5.88. The monoisotopic (exact) mass is 346 g/mol. The number of rotatable bonds is 3. The number of benzene rings is 2. The molecular formula is C24H26O2. The largest absolute Gasteiger partial charge is 0.478 e. The van der Waals surface area contributed by atoms with Gasteiger partial charge in [0.05, 0.1) is 5.56 Å². The van der Waals surface area contributed by atoms with Crippen LogP contribution >= 0.6 is 0 Å². The molecule has 0 radical (unpaired) electrons. The molecule has 2 nitrogen and oxygen atoms in total. The normalized spacial score (nSPS) is 17.7. The second-order valence-corrected chi connectivity index (χ2v) is 8.29. The van der Waals surface area contributed by atoms with Crippen LogP contribution in [0.5, 0.6) is 0 Å². The van der Waals surface area contributed by atoms with Gasteiger partial charge in [0, 0.05) is 10.8 Å². The molecule has 0 spiro atoms. The van der Waals surface area contributed by atoms with Crippen molar-refractivity contribution in [2.24, 2.45) is 0 Å². The predicted octanol–water partition coefficient (Wildman–Crippen LogP) is 6.07. The highest BCUT2D eigenvalue weighted by Gasteiger charge is 2.32. The molecule has 0 heterocycles. The molecule has 1 aliphatic carbocycles. The summed E-state index contributed by atoms with van der Waals surface area (Å²) in [5.41, 5.74) is 6.50. The van der Waals surface area contributed by atoms with Crippen molar-refractivity contribution in [3.63, 3.8) is 0 Å². The number of carboxylic acids is 1. The Kier molecular flexibility index (Phi) is 4.39. The smallest absolute Gasteiger partial charge is 0.335 e. The summed E-state index contributed by atoms with van der Waals surface area (Å²) in [6.07, 6.45) is 6.72. The summed E-state index contributed by atoms with van der Waals surface area (Å²) in [4.78, 5) is 11.0. The van der Waals surface area contributed by atoms with Crippen LogP contribution in [-0.2, 0) is 10.8 Å². The lowest BCUT2D eigenvalue weighted by molar-refractivity contribution is 0.0697. The van der Waals surface area contributed by atoms with E-state index in [2.05, 4.69) is 71.0 Å². The van der Waals surface area contributed by atoms with Crippen LogP contribution in [0.25, 0.3) is 11.6 Å². The van der Waals surface area contributed by atoms with Gasteiger partial charge in [0.15, 0.2) is 0 Å². The van der Waals surface area contributed by atoms with Crippen LogP contribution in [0.1, 0.15) is 67.2 Å². The van der Waals surface area contributed by atoms with E-state index in [-0.39, 0.29) is 10.8 Å². The van der Waals surface area contributed by atoms with Crippen molar-refractivity contribution in [1.82, 2.24) is 0 Å². The van der Waals surface area contributed by atoms with Crippen molar-refractivity contribution in [3.05, 3.63) is 82.4 Å². The minimum atomic E-state index is -0.898. The fourth-order valence-corrected chi connectivity index (χ4v) is 3.54. The quantitative estimate of drug-likeness (QED) is 0.541. The van der Waals surface area contributed by atoms with Crippen molar-refractivity contribution in [1.29, 1.82) is 0 Å². The fraction of sp³-hybridized carbons (Fsp3) is 0.292. The standard InChI is InChI=1S/C24H26O2/c1-16(14-17-6-8-18(9-7-17)22(25)26)19-10-11-20-21(15-19)24(4,5)13-12-23(20,2)3/h6-15H,1-5H3,(H,25,26)/b16-14-. The summed E-state index contributed by atoms with van der Waals surface area (Å²) in [6, 6.07) is 13.7. The molecule has 3 rings (SSSR count). The maximum atomic E-state index is 11.0. The molecule has 0 bridgehead atoms. The molecule has 0 atom stereocenters. The lowest BCUT2D eigenvalue weighted by atomic mass is 9.67. The van der Waals surface area contributed by atoms with Crippen LogP contribution < -0.4 is 0 Å². The van der Waals surface area contributed by atoms with E-state index < -0.39 is 5.97 Å². The van der Waals surface area contributed by atoms with Gasteiger partial charge in [-0.15, -0.1) is 0 Å². The van der Waals surface area contributed by atoms with Gasteiger partial charge in [-0.25, -0.2) is 4.79 Å². The number of hydrogen-bond donors (Lipinski definition) is 1. The van der Waals surface area contributed by atoms with Gasteiger partial charge in [0.2, 0.25) is 0 Å². The van der Waals surface area contributed by atoms with Gasteiger partial charge in [-0.1, -0.05) is 76.3 Å². The van der Waals surface area contributed by atoms with Crippen LogP contribution in [0.2, 0.25) is 0 Å². The van der Waals surface area contributed by atoms with E-state index in [0.717, 1.165) is 5.56 Å². The summed E-state index contributed by atoms with van der Waals surface area (Å²) in [6.45, 7) is 11.1. The topological polar surface area (TPSA) is 37.3 Å². The van der Waals surface area contributed by atoms with Crippen LogP contribution in [0.15, 0.2) is 54.6 Å². The zero-order chi connectivity index (χ0) is 19.1. The van der Waals surface area contributed by atoms with Crippen molar-refractivity contribution in [3.8, 4) is 0 Å². The first-order valence-corrected chi connectivity index (χ1v) is 8.98. The molecule has 2 heteroatoms. The van der Waals surface area contributed by atoms with E-state index >= 15 is 0 Å². The van der Waals surface area contributed by atoms with E-state index in [4.69, 9.17) is 5.11 Å². The summed E-state index contributed by atoms with van der Waals surface area (Å²) < 4.78 is 0. The van der Waals surface area contributed by atoms with Crippen molar-refractivity contribution in [2.75, 3.05) is 0 Å². The van der Waals surface area contributed by atoms with Gasteiger partial charge < -0.3 is 5.11 Å². The van der Waals surface area contributed by atoms with E-state index in [1.807, 2.05) is 12.1 Å². The Labute approximate surface area is 155 Å². The number of carbonyl (C=O) groups is 1. The van der Waals surface area contributed by atoms with Gasteiger partial charge >= 0.3 is 5.97 Å². The van der Waals surface area contributed by atoms with Gasteiger partial charge in [-0.3, -0.25) is 0 Å². The summed E-state index contributed by atoms with van der Waals surface area (Å²) in [5, 5.41) is 9.02. The summed E-state index contributed by atoms with van der Waals surface area (Å²) >= 11 is 0. The Morgan fingerprint density at radius 3 is 1.96 bits per heavy atom. The molecule has 0 saturated carbocycles. The van der Waals surface area contributed by atoms with Crippen LogP contribution in [0.4, 0.5) is 0 Å². The number of aromatic carboxylic acids is 1. The van der Waals surface area contributed by atoms with E-state index in [0.29, 0.717) is 5.56 Å². The summed E-state index contributed by atoms with van der Waals surface area (Å²) in [5.74, 6) is -0.898. The lowest BCUT2D eigenvalue weighted by Crippen LogP contribution is -2.29. The molecule has 134 valence electrons. The Morgan fingerprint density at radius 1 is 0.846 bits per heavy atom. The van der Waals surface area contributed by atoms with Crippen molar-refractivity contribution < 1.29 is 9.90 Å². The Bertz CT molecular complexity index is 910. The molecule has 0 unspecified atom stereocenters. The average Bonchev–Trinajstić information content (AvgIpc) is 2.59. The molecule has 2 aromatic carbocycles. The number of carboxylic acid groups (broad SMARTS) is 1. The molecule has 1 N–H and O–H groups in total. The molecule has 0 aliphatic heterocycles. The zero-order valence-electron chi connectivity index (χ0n) is 16.1. The third kappa shape index (κ3) is 3.37. The third-order valence-electron chi connectivity index (χ3n) is 5.32. The molecule has 0 amide bonds. The van der Waals surface area contributed by atoms with Crippen LogP contribution in [0, 0.1) is 0 Å². The molecule has 26 heavy (non-hydrogen) atoms. The van der Waals surface area contributed by atoms with Crippen molar-refractivity contribution >= 4 is 17.6 Å². The molecule has 1 aliphatic rings. The highest BCUT2D eigenvalue weighted by Crippen LogP contribution is 2.42. The molecular weight excluding hydrogens is 320 g/mol. The Balaban J connectivity index is 1.99. The lowest BCUT2D eigenvalue weighted by Gasteiger charge is -2.37. The third-order valence-corrected chi connectivity index (χ3v) is 5.32. The Morgan fingerprint density at radius 2 is 1.38 bits per heavy atom. The number of hydrogen-bond acceptors (Lipinski definition) is 1. The predicted molar refractivity (Wildman–Crippen MR) is 109 cm³/mol. The fourth-order valence-electron chi connectivity index (χ4n) is 3.54. The van der Waals surface area contributed by atoms with Crippen molar-refractivity contribution in [2.45, 2.75) is 45.4 Å². The van der Waals surface area contributed by atoms with Crippen LogP contribution in [0.3, 0.4) is 0 Å². The van der Waals surface area contributed by atoms with Gasteiger partial charge in [-0.2, -0.15) is 0 Å². The second kappa shape index (κ2) is 6.28. The first kappa shape index (κ1) is 18.2. The van der Waals surface area contributed by atoms with Crippen LogP contribution in [-0.4, -0.2) is 11.1 Å².